The monoisotopic (exact) mass is 299 g/mol. The van der Waals surface area contributed by atoms with Gasteiger partial charge >= 0.3 is 0 Å². The van der Waals surface area contributed by atoms with E-state index < -0.39 is 0 Å². The normalized spacial score (nSPS) is 9.21. The molecule has 0 aliphatic carbocycles. The summed E-state index contributed by atoms with van der Waals surface area (Å²) in [6.45, 7) is 1.37. The highest BCUT2D eigenvalue weighted by molar-refractivity contribution is 14.1. The van der Waals surface area contributed by atoms with Crippen molar-refractivity contribution >= 4 is 34.7 Å². The summed E-state index contributed by atoms with van der Waals surface area (Å²) in [6, 6.07) is 5.10. The van der Waals surface area contributed by atoms with Crippen LogP contribution in [0.4, 0.5) is 0 Å². The lowest BCUT2D eigenvalue weighted by Gasteiger charge is -2.03. The van der Waals surface area contributed by atoms with Gasteiger partial charge in [-0.05, 0) is 41.6 Å². The summed E-state index contributed by atoms with van der Waals surface area (Å²) in [5, 5.41) is 8.84. The standard InChI is InChI=1S/C10H6INO2/c1-6(14)7-2-3-10(11)9(5-13)8(7)4-12/h2-3,5H,1H3. The Morgan fingerprint density at radius 2 is 2.21 bits per heavy atom. The van der Waals surface area contributed by atoms with Crippen LogP contribution in [0.1, 0.15) is 33.2 Å². The lowest BCUT2D eigenvalue weighted by atomic mass is 10.0. The summed E-state index contributed by atoms with van der Waals surface area (Å²) in [5.74, 6) is -0.207. The van der Waals surface area contributed by atoms with Gasteiger partial charge < -0.3 is 0 Å². The molecule has 14 heavy (non-hydrogen) atoms. The fourth-order valence-corrected chi connectivity index (χ4v) is 1.70. The van der Waals surface area contributed by atoms with E-state index in [0.717, 1.165) is 0 Å². The molecule has 0 fully saturated rings. The number of nitrogens with zero attached hydrogens (tertiary/aromatic N) is 1. The molecule has 0 N–H and O–H groups in total. The predicted octanol–water partition coefficient (Wildman–Crippen LogP) is 2.18. The molecule has 70 valence electrons. The Kier molecular flexibility index (Phi) is 3.36. The smallest absolute Gasteiger partial charge is 0.161 e. The maximum Gasteiger partial charge on any atom is 0.161 e. The number of hydrogen-bond acceptors (Lipinski definition) is 3. The first-order valence-corrected chi connectivity index (χ1v) is 4.88. The Balaban J connectivity index is 3.58. The Morgan fingerprint density at radius 3 is 2.64 bits per heavy atom. The number of hydrogen-bond donors (Lipinski definition) is 0. The Labute approximate surface area is 94.9 Å². The molecule has 1 aromatic rings. The van der Waals surface area contributed by atoms with Crippen molar-refractivity contribution in [1.29, 1.82) is 5.26 Å². The molecule has 1 aromatic carbocycles. The van der Waals surface area contributed by atoms with Gasteiger partial charge in [0.2, 0.25) is 0 Å². The van der Waals surface area contributed by atoms with Crippen LogP contribution in [0.2, 0.25) is 0 Å². The average Bonchev–Trinajstić information content (AvgIpc) is 2.16. The molecule has 0 heterocycles. The lowest BCUT2D eigenvalue weighted by molar-refractivity contribution is 0.101. The highest BCUT2D eigenvalue weighted by Crippen LogP contribution is 2.19. The minimum absolute atomic E-state index is 0.166. The minimum Gasteiger partial charge on any atom is -0.298 e. The molecule has 4 heteroatoms. The second-order valence-corrected chi connectivity index (χ2v) is 3.83. The highest BCUT2D eigenvalue weighted by Gasteiger charge is 2.13. The van der Waals surface area contributed by atoms with Gasteiger partial charge in [0, 0.05) is 14.7 Å². The van der Waals surface area contributed by atoms with Crippen LogP contribution >= 0.6 is 22.6 Å². The largest absolute Gasteiger partial charge is 0.298 e. The third-order valence-corrected chi connectivity index (χ3v) is 2.74. The zero-order valence-electron chi connectivity index (χ0n) is 7.37. The van der Waals surface area contributed by atoms with Gasteiger partial charge in [-0.3, -0.25) is 9.59 Å². The van der Waals surface area contributed by atoms with Gasteiger partial charge in [-0.1, -0.05) is 0 Å². The number of carbonyl (C=O) groups excluding carboxylic acids is 2. The van der Waals surface area contributed by atoms with Crippen molar-refractivity contribution in [3.05, 3.63) is 32.4 Å². The SMILES string of the molecule is CC(=O)c1ccc(I)c(C=O)c1C#N. The highest BCUT2D eigenvalue weighted by atomic mass is 127. The molecule has 0 spiro atoms. The molecule has 0 saturated heterocycles. The van der Waals surface area contributed by atoms with E-state index in [2.05, 4.69) is 0 Å². The second kappa shape index (κ2) is 4.33. The third kappa shape index (κ3) is 1.82. The van der Waals surface area contributed by atoms with Crippen molar-refractivity contribution in [2.45, 2.75) is 6.92 Å². The molecule has 3 nitrogen and oxygen atoms in total. The van der Waals surface area contributed by atoms with Gasteiger partial charge in [-0.2, -0.15) is 5.26 Å². The second-order valence-electron chi connectivity index (χ2n) is 2.67. The van der Waals surface area contributed by atoms with E-state index in [1.807, 2.05) is 28.7 Å². The Hall–Kier alpha value is -1.22. The topological polar surface area (TPSA) is 57.9 Å². The third-order valence-electron chi connectivity index (χ3n) is 1.80. The number of Topliss-reactive ketones (excluding diaryl/α,β-unsaturated/α-hetero) is 1. The quantitative estimate of drug-likeness (QED) is 0.478. The van der Waals surface area contributed by atoms with Gasteiger partial charge in [0.25, 0.3) is 0 Å². The van der Waals surface area contributed by atoms with Crippen molar-refractivity contribution < 1.29 is 9.59 Å². The van der Waals surface area contributed by atoms with Gasteiger partial charge in [0.05, 0.1) is 5.56 Å². The molecule has 0 saturated carbocycles. The van der Waals surface area contributed by atoms with Crippen LogP contribution in [0.5, 0.6) is 0 Å². The van der Waals surface area contributed by atoms with E-state index in [-0.39, 0.29) is 11.3 Å². The summed E-state index contributed by atoms with van der Waals surface area (Å²) >= 11 is 1.96. The van der Waals surface area contributed by atoms with Crippen LogP contribution in [0, 0.1) is 14.9 Å². The van der Waals surface area contributed by atoms with Crippen LogP contribution < -0.4 is 0 Å². The van der Waals surface area contributed by atoms with E-state index in [0.29, 0.717) is 21.0 Å². The van der Waals surface area contributed by atoms with Crippen LogP contribution in [-0.2, 0) is 0 Å². The molecule has 0 bridgehead atoms. The number of nitriles is 1. The van der Waals surface area contributed by atoms with E-state index in [1.54, 1.807) is 12.1 Å². The Morgan fingerprint density at radius 1 is 1.57 bits per heavy atom. The fraction of sp³-hybridized carbons (Fsp3) is 0.100. The fourth-order valence-electron chi connectivity index (χ4n) is 1.12. The maximum absolute atomic E-state index is 11.1. The van der Waals surface area contributed by atoms with Crippen LogP contribution in [0.15, 0.2) is 12.1 Å². The van der Waals surface area contributed by atoms with Crippen molar-refractivity contribution in [1.82, 2.24) is 0 Å². The molecule has 0 aliphatic rings. The molecule has 0 radical (unpaired) electrons. The lowest BCUT2D eigenvalue weighted by Crippen LogP contribution is -2.02. The molecular formula is C10H6INO2. The summed E-state index contributed by atoms with van der Waals surface area (Å²) in [6.07, 6.45) is 0.604. The van der Waals surface area contributed by atoms with Gasteiger partial charge in [0.1, 0.15) is 6.07 Å². The minimum atomic E-state index is -0.207. The average molecular weight is 299 g/mol. The van der Waals surface area contributed by atoms with Gasteiger partial charge in [0.15, 0.2) is 12.1 Å². The van der Waals surface area contributed by atoms with Gasteiger partial charge in [-0.15, -0.1) is 0 Å². The van der Waals surface area contributed by atoms with Gasteiger partial charge in [-0.25, -0.2) is 0 Å². The molecule has 0 aliphatic heterocycles. The summed E-state index contributed by atoms with van der Waals surface area (Å²) < 4.78 is 0.680. The van der Waals surface area contributed by atoms with E-state index in [4.69, 9.17) is 5.26 Å². The zero-order chi connectivity index (χ0) is 10.7. The summed E-state index contributed by atoms with van der Waals surface area (Å²) in [7, 11) is 0. The molecule has 0 unspecified atom stereocenters. The number of ketones is 1. The van der Waals surface area contributed by atoms with Crippen molar-refractivity contribution in [2.24, 2.45) is 0 Å². The molecule has 0 atom stereocenters. The molecular weight excluding hydrogens is 293 g/mol. The summed E-state index contributed by atoms with van der Waals surface area (Å²) in [4.78, 5) is 21.8. The number of carbonyl (C=O) groups is 2. The molecule has 0 amide bonds. The van der Waals surface area contributed by atoms with E-state index in [9.17, 15) is 9.59 Å². The van der Waals surface area contributed by atoms with Crippen molar-refractivity contribution in [3.8, 4) is 6.07 Å². The first-order chi connectivity index (χ1) is 6.61. The number of aldehydes is 1. The Bertz CT molecular complexity index is 446. The zero-order valence-corrected chi connectivity index (χ0v) is 9.53. The number of benzene rings is 1. The van der Waals surface area contributed by atoms with Crippen molar-refractivity contribution in [2.75, 3.05) is 0 Å². The van der Waals surface area contributed by atoms with Crippen molar-refractivity contribution in [3.63, 3.8) is 0 Å². The first-order valence-electron chi connectivity index (χ1n) is 3.80. The first kappa shape index (κ1) is 10.9. The summed E-state index contributed by atoms with van der Waals surface area (Å²) in [5.41, 5.74) is 0.759. The molecule has 0 aromatic heterocycles. The van der Waals surface area contributed by atoms with Crippen LogP contribution in [-0.4, -0.2) is 12.1 Å². The number of rotatable bonds is 2. The van der Waals surface area contributed by atoms with Crippen LogP contribution in [0.3, 0.4) is 0 Å². The number of halogens is 1. The van der Waals surface area contributed by atoms with E-state index in [1.165, 1.54) is 6.92 Å². The maximum atomic E-state index is 11.1. The van der Waals surface area contributed by atoms with Crippen LogP contribution in [0.25, 0.3) is 0 Å². The van der Waals surface area contributed by atoms with E-state index >= 15 is 0 Å². The molecule has 1 rings (SSSR count). The predicted molar refractivity (Wildman–Crippen MR) is 59.3 cm³/mol.